The van der Waals surface area contributed by atoms with Crippen molar-refractivity contribution in [3.8, 4) is 0 Å². The Kier molecular flexibility index (Phi) is 3.54. The van der Waals surface area contributed by atoms with Crippen LogP contribution < -0.4 is 5.32 Å². The highest BCUT2D eigenvalue weighted by atomic mass is 35.5. The molecule has 1 aliphatic rings. The Morgan fingerprint density at radius 2 is 1.96 bits per heavy atom. The van der Waals surface area contributed by atoms with E-state index in [1.165, 1.54) is 10.7 Å². The third kappa shape index (κ3) is 2.45. The van der Waals surface area contributed by atoms with Crippen molar-refractivity contribution in [1.29, 1.82) is 0 Å². The number of tetrazole rings is 1. The van der Waals surface area contributed by atoms with Gasteiger partial charge in [-0.3, -0.25) is 0 Å². The van der Waals surface area contributed by atoms with Crippen molar-refractivity contribution in [2.45, 2.75) is 13.0 Å². The molecular formula is C17H13ClFN5. The van der Waals surface area contributed by atoms with Gasteiger partial charge in [0.05, 0.1) is 0 Å². The van der Waals surface area contributed by atoms with Crippen LogP contribution in [0.2, 0.25) is 5.02 Å². The fourth-order valence-electron chi connectivity index (χ4n) is 2.75. The molecule has 0 amide bonds. The van der Waals surface area contributed by atoms with E-state index >= 15 is 0 Å². The molecule has 1 N–H and O–H groups in total. The van der Waals surface area contributed by atoms with E-state index in [4.69, 9.17) is 11.6 Å². The number of aryl methyl sites for hydroxylation is 1. The van der Waals surface area contributed by atoms with Crippen molar-refractivity contribution in [3.05, 3.63) is 76.1 Å². The number of benzene rings is 2. The topological polar surface area (TPSA) is 55.6 Å². The van der Waals surface area contributed by atoms with E-state index in [2.05, 4.69) is 20.8 Å². The molecule has 24 heavy (non-hydrogen) atoms. The number of hydrogen-bond acceptors (Lipinski definition) is 4. The molecule has 5 nitrogen and oxygen atoms in total. The maximum atomic E-state index is 14.4. The van der Waals surface area contributed by atoms with Crippen LogP contribution in [0.25, 0.3) is 5.70 Å². The highest BCUT2D eigenvalue weighted by Crippen LogP contribution is 2.35. The second-order valence-corrected chi connectivity index (χ2v) is 6.01. The standard InChI is InChI=1S/C17H13ClFN5/c1-10-5-7-11(8-6-10)14-9-15(24-17(20-14)21-22-23-24)16-12(18)3-2-4-13(16)19/h2-9,15H,1H3,(H,20,21,23)/t15-/m0/s1. The lowest BCUT2D eigenvalue weighted by Crippen LogP contribution is -2.21. The van der Waals surface area contributed by atoms with Gasteiger partial charge < -0.3 is 5.32 Å². The Balaban J connectivity index is 1.87. The normalized spacial score (nSPS) is 16.3. The van der Waals surface area contributed by atoms with Crippen molar-refractivity contribution < 1.29 is 4.39 Å². The monoisotopic (exact) mass is 341 g/mol. The molecule has 0 unspecified atom stereocenters. The first-order valence-corrected chi connectivity index (χ1v) is 7.79. The molecule has 1 aromatic heterocycles. The SMILES string of the molecule is Cc1ccc(C2=C[C@@H](c3c(F)cccc3Cl)n3nnnc3N2)cc1. The predicted molar refractivity (Wildman–Crippen MR) is 90.1 cm³/mol. The van der Waals surface area contributed by atoms with E-state index in [0.29, 0.717) is 16.5 Å². The molecule has 4 rings (SSSR count). The van der Waals surface area contributed by atoms with Crippen molar-refractivity contribution in [3.63, 3.8) is 0 Å². The Morgan fingerprint density at radius 3 is 2.71 bits per heavy atom. The second-order valence-electron chi connectivity index (χ2n) is 5.60. The molecule has 2 aromatic carbocycles. The maximum absolute atomic E-state index is 14.4. The van der Waals surface area contributed by atoms with Gasteiger partial charge in [0.15, 0.2) is 0 Å². The van der Waals surface area contributed by atoms with E-state index in [9.17, 15) is 4.39 Å². The molecule has 120 valence electrons. The molecule has 0 aliphatic carbocycles. The second kappa shape index (κ2) is 5.72. The number of halogens is 2. The maximum Gasteiger partial charge on any atom is 0.248 e. The lowest BCUT2D eigenvalue weighted by Gasteiger charge is -2.24. The van der Waals surface area contributed by atoms with Gasteiger partial charge in [0.25, 0.3) is 0 Å². The molecule has 0 fully saturated rings. The van der Waals surface area contributed by atoms with Gasteiger partial charge in [-0.2, -0.15) is 4.68 Å². The summed E-state index contributed by atoms with van der Waals surface area (Å²) in [5, 5.41) is 15.1. The van der Waals surface area contributed by atoms with Gasteiger partial charge in [-0.15, -0.1) is 0 Å². The zero-order valence-electron chi connectivity index (χ0n) is 12.7. The van der Waals surface area contributed by atoms with Crippen LogP contribution in [-0.4, -0.2) is 20.2 Å². The highest BCUT2D eigenvalue weighted by molar-refractivity contribution is 6.31. The van der Waals surface area contributed by atoms with E-state index in [0.717, 1.165) is 16.8 Å². The first-order chi connectivity index (χ1) is 11.6. The minimum atomic E-state index is -0.527. The Morgan fingerprint density at radius 1 is 1.17 bits per heavy atom. The first kappa shape index (κ1) is 14.8. The van der Waals surface area contributed by atoms with Crippen LogP contribution in [0.5, 0.6) is 0 Å². The van der Waals surface area contributed by atoms with Crippen LogP contribution >= 0.6 is 11.6 Å². The molecule has 1 atom stereocenters. The summed E-state index contributed by atoms with van der Waals surface area (Å²) in [7, 11) is 0. The molecule has 0 bridgehead atoms. The van der Waals surface area contributed by atoms with Crippen molar-refractivity contribution in [2.24, 2.45) is 0 Å². The largest absolute Gasteiger partial charge is 0.323 e. The molecule has 0 saturated heterocycles. The molecule has 0 spiro atoms. The summed E-state index contributed by atoms with van der Waals surface area (Å²) >= 11 is 6.24. The summed E-state index contributed by atoms with van der Waals surface area (Å²) in [5.74, 6) is 0.0488. The Labute approximate surface area is 142 Å². The highest BCUT2D eigenvalue weighted by Gasteiger charge is 2.28. The number of allylic oxidation sites excluding steroid dienone is 1. The van der Waals surface area contributed by atoms with Crippen LogP contribution in [-0.2, 0) is 0 Å². The fourth-order valence-corrected chi connectivity index (χ4v) is 3.03. The van der Waals surface area contributed by atoms with Gasteiger partial charge in [-0.1, -0.05) is 52.6 Å². The van der Waals surface area contributed by atoms with Crippen molar-refractivity contribution in [2.75, 3.05) is 5.32 Å². The zero-order chi connectivity index (χ0) is 16.7. The number of hydrogen-bond donors (Lipinski definition) is 1. The predicted octanol–water partition coefficient (Wildman–Crippen LogP) is 3.83. The van der Waals surface area contributed by atoms with E-state index < -0.39 is 11.9 Å². The van der Waals surface area contributed by atoms with E-state index in [1.54, 1.807) is 12.1 Å². The minimum Gasteiger partial charge on any atom is -0.323 e. The van der Waals surface area contributed by atoms with Crippen LogP contribution in [0.1, 0.15) is 22.7 Å². The van der Waals surface area contributed by atoms with E-state index in [1.807, 2.05) is 37.3 Å². The number of nitrogens with zero attached hydrogens (tertiary/aromatic N) is 4. The average molecular weight is 342 g/mol. The summed E-state index contributed by atoms with van der Waals surface area (Å²) in [4.78, 5) is 0. The quantitative estimate of drug-likeness (QED) is 0.769. The van der Waals surface area contributed by atoms with Crippen molar-refractivity contribution in [1.82, 2.24) is 20.2 Å². The molecule has 1 aliphatic heterocycles. The minimum absolute atomic E-state index is 0.336. The number of fused-ring (bicyclic) bond motifs is 1. The third-order valence-electron chi connectivity index (χ3n) is 3.99. The molecule has 0 radical (unpaired) electrons. The van der Waals surface area contributed by atoms with Crippen LogP contribution in [0.15, 0.2) is 48.5 Å². The van der Waals surface area contributed by atoms with Gasteiger partial charge in [0.2, 0.25) is 5.95 Å². The number of rotatable bonds is 2. The van der Waals surface area contributed by atoms with Crippen LogP contribution in [0.3, 0.4) is 0 Å². The number of nitrogens with one attached hydrogen (secondary N) is 1. The molecule has 3 aromatic rings. The smallest absolute Gasteiger partial charge is 0.248 e. The summed E-state index contributed by atoms with van der Waals surface area (Å²) in [6.45, 7) is 2.02. The van der Waals surface area contributed by atoms with E-state index in [-0.39, 0.29) is 0 Å². The number of aromatic nitrogens is 4. The van der Waals surface area contributed by atoms with Crippen LogP contribution in [0, 0.1) is 12.7 Å². The molecule has 7 heteroatoms. The summed E-state index contributed by atoms with van der Waals surface area (Å²) < 4.78 is 15.9. The summed E-state index contributed by atoms with van der Waals surface area (Å²) in [5.41, 5.74) is 3.28. The van der Waals surface area contributed by atoms with Gasteiger partial charge in [0, 0.05) is 16.3 Å². The van der Waals surface area contributed by atoms with Crippen molar-refractivity contribution >= 4 is 23.2 Å². The van der Waals surface area contributed by atoms with Gasteiger partial charge >= 0.3 is 0 Å². The Bertz CT molecular complexity index is 912. The Hall–Kier alpha value is -2.73. The lowest BCUT2D eigenvalue weighted by molar-refractivity contribution is 0.540. The zero-order valence-corrected chi connectivity index (χ0v) is 13.5. The molecule has 2 heterocycles. The third-order valence-corrected chi connectivity index (χ3v) is 4.31. The molecule has 0 saturated carbocycles. The summed E-state index contributed by atoms with van der Waals surface area (Å²) in [6.07, 6.45) is 1.87. The average Bonchev–Trinajstić information content (AvgIpc) is 3.04. The van der Waals surface area contributed by atoms with Crippen LogP contribution in [0.4, 0.5) is 10.3 Å². The van der Waals surface area contributed by atoms with Gasteiger partial charge in [-0.05, 0) is 41.1 Å². The van der Waals surface area contributed by atoms with Gasteiger partial charge in [0.1, 0.15) is 11.9 Å². The molecular weight excluding hydrogens is 329 g/mol. The summed E-state index contributed by atoms with van der Waals surface area (Å²) in [6, 6.07) is 12.1. The van der Waals surface area contributed by atoms with Gasteiger partial charge in [-0.25, -0.2) is 4.39 Å². The first-order valence-electron chi connectivity index (χ1n) is 7.41. The lowest BCUT2D eigenvalue weighted by atomic mass is 10.0. The fraction of sp³-hybridized carbons (Fsp3) is 0.118. The number of anilines is 1.